The second kappa shape index (κ2) is 14.1. The van der Waals surface area contributed by atoms with Crippen molar-refractivity contribution in [2.75, 3.05) is 0 Å². The minimum absolute atomic E-state index is 0. The van der Waals surface area contributed by atoms with Gasteiger partial charge in [-0.05, 0) is 35.5 Å². The maximum absolute atomic E-state index is 2.37. The van der Waals surface area contributed by atoms with Gasteiger partial charge in [-0.3, -0.25) is 0 Å². The van der Waals surface area contributed by atoms with Crippen LogP contribution in [0.5, 0.6) is 0 Å². The highest BCUT2D eigenvalue weighted by Crippen LogP contribution is 2.28. The Morgan fingerprint density at radius 1 is 0.360 bits per heavy atom. The van der Waals surface area contributed by atoms with Gasteiger partial charge in [0.2, 0.25) is 0 Å². The summed E-state index contributed by atoms with van der Waals surface area (Å²) < 4.78 is 0. The molecule has 0 aliphatic heterocycles. The molecule has 0 atom stereocenters. The lowest BCUT2D eigenvalue weighted by atomic mass is 9.84. The van der Waals surface area contributed by atoms with Crippen molar-refractivity contribution in [3.05, 3.63) is 0 Å². The molecule has 3 rings (SSSR count). The van der Waals surface area contributed by atoms with E-state index in [1.54, 1.807) is 0 Å². The van der Waals surface area contributed by atoms with E-state index in [-0.39, 0.29) is 8.33 Å². The van der Waals surface area contributed by atoms with Gasteiger partial charge in [0.15, 0.2) is 0 Å². The van der Waals surface area contributed by atoms with Crippen LogP contribution in [0.15, 0.2) is 0 Å². The van der Waals surface area contributed by atoms with Crippen molar-refractivity contribution in [3.8, 4) is 0 Å². The van der Waals surface area contributed by atoms with E-state index >= 15 is 0 Å². The first kappa shape index (κ1) is 25.0. The molecule has 0 aromatic rings. The predicted molar refractivity (Wildman–Crippen MR) is 118 cm³/mol. The van der Waals surface area contributed by atoms with Gasteiger partial charge in [-0.15, -0.1) is 0 Å². The quantitative estimate of drug-likeness (QED) is 0.417. The zero-order valence-electron chi connectivity index (χ0n) is 18.4. The summed E-state index contributed by atoms with van der Waals surface area (Å²) >= 11 is 0. The highest BCUT2D eigenvalue weighted by atomic mass is 16.0. The van der Waals surface area contributed by atoms with Gasteiger partial charge in [-0.25, -0.2) is 0 Å². The van der Waals surface area contributed by atoms with Crippen LogP contribution in [0.1, 0.15) is 121 Å². The number of hydrogen-bond acceptors (Lipinski definition) is 0. The zero-order chi connectivity index (χ0) is 17.9. The van der Waals surface area contributed by atoms with Crippen LogP contribution in [-0.4, -0.2) is 5.48 Å². The van der Waals surface area contributed by atoms with Gasteiger partial charge in [-0.1, -0.05) is 119 Å². The largest absolute Gasteiger partial charge is 0.412 e. The second-order valence-electron chi connectivity index (χ2n) is 10.1. The average Bonchev–Trinajstić information content (AvgIpc) is 2.57. The fourth-order valence-electron chi connectivity index (χ4n) is 4.28. The molecule has 0 heterocycles. The molecule has 0 aromatic carbocycles. The van der Waals surface area contributed by atoms with Crippen molar-refractivity contribution in [1.29, 1.82) is 0 Å². The van der Waals surface area contributed by atoms with Gasteiger partial charge in [0, 0.05) is 2.85 Å². The SMILES string of the molecule is CC1CCC(C)CC1.CC1CCC(C)CC1.CC1CCC(C)CC1.O.[2HH].[HH]. The lowest BCUT2D eigenvalue weighted by molar-refractivity contribution is 0.308. The molecule has 1 nitrogen and oxygen atoms in total. The Labute approximate surface area is 163 Å². The van der Waals surface area contributed by atoms with Crippen LogP contribution in [0.25, 0.3) is 0 Å². The third kappa shape index (κ3) is 12.9. The Bertz CT molecular complexity index is 209. The molecule has 3 aliphatic carbocycles. The molecular formula is C24H54O. The van der Waals surface area contributed by atoms with Crippen LogP contribution in [0, 0.1) is 35.5 Å². The molecular weight excluding hydrogens is 304 g/mol. The van der Waals surface area contributed by atoms with Gasteiger partial charge < -0.3 is 5.48 Å². The minimum atomic E-state index is 0. The van der Waals surface area contributed by atoms with E-state index in [1.807, 2.05) is 0 Å². The Hall–Kier alpha value is -0.0400. The smallest absolute Gasteiger partial charge is 0 e. The highest BCUT2D eigenvalue weighted by Gasteiger charge is 2.14. The molecule has 0 saturated heterocycles. The average molecular weight is 360 g/mol. The fourth-order valence-corrected chi connectivity index (χ4v) is 4.28. The predicted octanol–water partition coefficient (Wildman–Crippen LogP) is 8.17. The first-order valence-electron chi connectivity index (χ1n) is 11.4. The van der Waals surface area contributed by atoms with Gasteiger partial charge in [0.05, 0.1) is 0 Å². The maximum Gasteiger partial charge on any atom is 0 e. The second-order valence-corrected chi connectivity index (χ2v) is 10.1. The number of hydrogen-bond donors (Lipinski definition) is 0. The van der Waals surface area contributed by atoms with Crippen molar-refractivity contribution in [1.82, 2.24) is 0 Å². The summed E-state index contributed by atoms with van der Waals surface area (Å²) in [6.45, 7) is 14.2. The fraction of sp³-hybridized carbons (Fsp3) is 1.00. The first-order chi connectivity index (χ1) is 11.4. The lowest BCUT2D eigenvalue weighted by Gasteiger charge is -2.22. The summed E-state index contributed by atoms with van der Waals surface area (Å²) in [5.41, 5.74) is 0. The topological polar surface area (TPSA) is 31.5 Å². The van der Waals surface area contributed by atoms with Crippen molar-refractivity contribution in [3.63, 3.8) is 0 Å². The molecule has 0 spiro atoms. The molecule has 0 unspecified atom stereocenters. The summed E-state index contributed by atoms with van der Waals surface area (Å²) in [6, 6.07) is 0. The lowest BCUT2D eigenvalue weighted by Crippen LogP contribution is -2.08. The minimum Gasteiger partial charge on any atom is -0.412 e. The summed E-state index contributed by atoms with van der Waals surface area (Å²) in [5, 5.41) is 0. The van der Waals surface area contributed by atoms with Crippen LogP contribution >= 0.6 is 0 Å². The zero-order valence-corrected chi connectivity index (χ0v) is 18.4. The van der Waals surface area contributed by atoms with E-state index in [2.05, 4.69) is 41.5 Å². The summed E-state index contributed by atoms with van der Waals surface area (Å²) in [5.74, 6) is 6.12. The third-order valence-corrected chi connectivity index (χ3v) is 6.91. The van der Waals surface area contributed by atoms with E-state index in [0.717, 1.165) is 35.5 Å². The Balaban J connectivity index is -0.000000303. The molecule has 156 valence electrons. The highest BCUT2D eigenvalue weighted by molar-refractivity contribution is 4.67. The van der Waals surface area contributed by atoms with Gasteiger partial charge in [0.1, 0.15) is 0 Å². The van der Waals surface area contributed by atoms with Crippen LogP contribution in [0.3, 0.4) is 0 Å². The monoisotopic (exact) mass is 359 g/mol. The van der Waals surface area contributed by atoms with Crippen molar-refractivity contribution < 1.29 is 8.33 Å². The number of rotatable bonds is 0. The van der Waals surface area contributed by atoms with Gasteiger partial charge in [0.25, 0.3) is 0 Å². The Kier molecular flexibility index (Phi) is 14.0. The van der Waals surface area contributed by atoms with Gasteiger partial charge in [-0.2, -0.15) is 0 Å². The Morgan fingerprint density at radius 3 is 0.520 bits per heavy atom. The third-order valence-electron chi connectivity index (χ3n) is 6.91. The van der Waals surface area contributed by atoms with Crippen LogP contribution < -0.4 is 0 Å². The molecule has 1 heteroatoms. The molecule has 25 heavy (non-hydrogen) atoms. The maximum atomic E-state index is 2.37. The summed E-state index contributed by atoms with van der Waals surface area (Å²) in [6.07, 6.45) is 17.7. The molecule has 0 bridgehead atoms. The van der Waals surface area contributed by atoms with Gasteiger partial charge >= 0.3 is 0 Å². The summed E-state index contributed by atoms with van der Waals surface area (Å²) in [7, 11) is 0. The van der Waals surface area contributed by atoms with Crippen LogP contribution in [-0.2, 0) is 0 Å². The van der Waals surface area contributed by atoms with E-state index < -0.39 is 0 Å². The normalized spacial score (nSPS) is 38.2. The van der Waals surface area contributed by atoms with E-state index in [4.69, 9.17) is 0 Å². The molecule has 0 radical (unpaired) electrons. The van der Waals surface area contributed by atoms with Crippen molar-refractivity contribution in [2.45, 2.75) is 119 Å². The van der Waals surface area contributed by atoms with Crippen molar-refractivity contribution >= 4 is 0 Å². The molecule has 3 saturated carbocycles. The summed E-state index contributed by atoms with van der Waals surface area (Å²) in [4.78, 5) is 0. The molecule has 3 aliphatic rings. The molecule has 0 aromatic heterocycles. The Morgan fingerprint density at radius 2 is 0.440 bits per heavy atom. The van der Waals surface area contributed by atoms with E-state index in [0.29, 0.717) is 0 Å². The van der Waals surface area contributed by atoms with Crippen molar-refractivity contribution in [2.24, 2.45) is 35.5 Å². The van der Waals surface area contributed by atoms with Crippen LogP contribution in [0.2, 0.25) is 0 Å². The molecule has 3 fully saturated rings. The van der Waals surface area contributed by atoms with Crippen LogP contribution in [0.4, 0.5) is 0 Å². The molecule has 2 N–H and O–H groups in total. The molecule has 0 amide bonds. The van der Waals surface area contributed by atoms with E-state index in [1.165, 1.54) is 77.0 Å². The standard InChI is InChI=1S/3C8H16.H2O.2H2/c3*1-7-3-5-8(2)6-4-7;;;/h3*7-8H,3-6H2,1-2H3;1H2;2*1H/i;;;;1+1;. The first-order valence-corrected chi connectivity index (χ1v) is 11.4. The van der Waals surface area contributed by atoms with E-state index in [9.17, 15) is 0 Å².